The first-order valence-corrected chi connectivity index (χ1v) is 9.45. The van der Waals surface area contributed by atoms with Crippen molar-refractivity contribution in [1.29, 1.82) is 0 Å². The van der Waals surface area contributed by atoms with Gasteiger partial charge in [0.25, 0.3) is 0 Å². The van der Waals surface area contributed by atoms with Crippen LogP contribution in [0.3, 0.4) is 0 Å². The molecule has 3 nitrogen and oxygen atoms in total. The van der Waals surface area contributed by atoms with E-state index in [2.05, 4.69) is 6.92 Å². The average Bonchev–Trinajstić information content (AvgIpc) is 2.46. The number of rotatable bonds is 16. The first kappa shape index (κ1) is 21.4. The van der Waals surface area contributed by atoms with Crippen LogP contribution >= 0.6 is 0 Å². The van der Waals surface area contributed by atoms with E-state index in [9.17, 15) is 9.90 Å². The van der Waals surface area contributed by atoms with Gasteiger partial charge in [-0.3, -0.25) is 4.79 Å². The van der Waals surface area contributed by atoms with Crippen molar-refractivity contribution in [2.24, 2.45) is 5.92 Å². The summed E-state index contributed by atoms with van der Waals surface area (Å²) in [5.41, 5.74) is 0. The van der Waals surface area contributed by atoms with Crippen LogP contribution in [-0.2, 0) is 4.79 Å². The molecule has 0 saturated carbocycles. The van der Waals surface area contributed by atoms with E-state index in [1.54, 1.807) is 0 Å². The monoisotopic (exact) mass is 313 g/mol. The second-order valence-corrected chi connectivity index (χ2v) is 6.98. The molecule has 0 spiro atoms. The molecule has 0 aromatic rings. The van der Waals surface area contributed by atoms with Crippen LogP contribution in [0, 0.1) is 5.92 Å². The highest BCUT2D eigenvalue weighted by Gasteiger charge is 2.17. The first-order chi connectivity index (χ1) is 10.6. The summed E-state index contributed by atoms with van der Waals surface area (Å²) in [5, 5.41) is 9.17. The van der Waals surface area contributed by atoms with Crippen molar-refractivity contribution >= 4 is 5.97 Å². The highest BCUT2D eigenvalue weighted by atomic mass is 16.4. The zero-order valence-electron chi connectivity index (χ0n) is 15.3. The van der Waals surface area contributed by atoms with E-state index in [4.69, 9.17) is 0 Å². The van der Waals surface area contributed by atoms with E-state index in [1.165, 1.54) is 70.6 Å². The van der Waals surface area contributed by atoms with E-state index >= 15 is 0 Å². The molecule has 0 fully saturated rings. The summed E-state index contributed by atoms with van der Waals surface area (Å²) in [4.78, 5) is 13.1. The van der Waals surface area contributed by atoms with Crippen LogP contribution in [0.1, 0.15) is 90.4 Å². The fraction of sp³-hybridized carbons (Fsp3) is 0.947. The standard InChI is InChI=1S/C19H39NO2/c1-4-5-6-7-8-9-10-11-12-13-14-15-16-18(19(21)22)17-20(2)3/h18H,4-17H2,1-3H3,(H,21,22). The number of hydrogen-bond donors (Lipinski definition) is 1. The Bertz CT molecular complexity index is 254. The van der Waals surface area contributed by atoms with Gasteiger partial charge >= 0.3 is 5.97 Å². The quantitative estimate of drug-likeness (QED) is 0.391. The zero-order chi connectivity index (χ0) is 16.6. The van der Waals surface area contributed by atoms with Gasteiger partial charge in [0.2, 0.25) is 0 Å². The predicted octanol–water partition coefficient (Wildman–Crippen LogP) is 5.34. The van der Waals surface area contributed by atoms with Gasteiger partial charge in [-0.05, 0) is 20.5 Å². The molecule has 22 heavy (non-hydrogen) atoms. The Balaban J connectivity index is 3.33. The van der Waals surface area contributed by atoms with Crippen LogP contribution in [0.25, 0.3) is 0 Å². The third-order valence-electron chi connectivity index (χ3n) is 4.34. The Morgan fingerprint density at radius 1 is 0.818 bits per heavy atom. The fourth-order valence-electron chi connectivity index (χ4n) is 2.97. The minimum Gasteiger partial charge on any atom is -0.481 e. The predicted molar refractivity (Wildman–Crippen MR) is 95.4 cm³/mol. The lowest BCUT2D eigenvalue weighted by atomic mass is 9.99. The van der Waals surface area contributed by atoms with Gasteiger partial charge < -0.3 is 10.0 Å². The molecule has 0 amide bonds. The van der Waals surface area contributed by atoms with Crippen molar-refractivity contribution in [3.63, 3.8) is 0 Å². The zero-order valence-corrected chi connectivity index (χ0v) is 15.3. The molecule has 0 saturated heterocycles. The third kappa shape index (κ3) is 14.4. The second-order valence-electron chi connectivity index (χ2n) is 6.98. The highest BCUT2D eigenvalue weighted by molar-refractivity contribution is 5.70. The van der Waals surface area contributed by atoms with E-state index < -0.39 is 5.97 Å². The van der Waals surface area contributed by atoms with E-state index in [0.717, 1.165) is 12.8 Å². The summed E-state index contributed by atoms with van der Waals surface area (Å²) >= 11 is 0. The molecule has 0 aromatic carbocycles. The SMILES string of the molecule is CCCCCCCCCCCCCCC(CN(C)C)C(=O)O. The van der Waals surface area contributed by atoms with Crippen LogP contribution in [0.15, 0.2) is 0 Å². The molecule has 132 valence electrons. The lowest BCUT2D eigenvalue weighted by molar-refractivity contribution is -0.142. The number of unbranched alkanes of at least 4 members (excludes halogenated alkanes) is 11. The van der Waals surface area contributed by atoms with Crippen molar-refractivity contribution < 1.29 is 9.90 Å². The van der Waals surface area contributed by atoms with Crippen molar-refractivity contribution in [3.05, 3.63) is 0 Å². The summed E-state index contributed by atoms with van der Waals surface area (Å²) < 4.78 is 0. The Morgan fingerprint density at radius 3 is 1.59 bits per heavy atom. The summed E-state index contributed by atoms with van der Waals surface area (Å²) in [7, 11) is 3.89. The van der Waals surface area contributed by atoms with Crippen molar-refractivity contribution in [3.8, 4) is 0 Å². The minimum atomic E-state index is -0.642. The molecular weight excluding hydrogens is 274 g/mol. The molecule has 0 rings (SSSR count). The van der Waals surface area contributed by atoms with Gasteiger partial charge in [-0.1, -0.05) is 84.0 Å². The molecule has 0 aliphatic carbocycles. The van der Waals surface area contributed by atoms with Crippen molar-refractivity contribution in [2.45, 2.75) is 90.4 Å². The maximum absolute atomic E-state index is 11.1. The average molecular weight is 314 g/mol. The number of carbonyl (C=O) groups is 1. The van der Waals surface area contributed by atoms with Gasteiger partial charge in [0.05, 0.1) is 5.92 Å². The van der Waals surface area contributed by atoms with Gasteiger partial charge in [-0.25, -0.2) is 0 Å². The van der Waals surface area contributed by atoms with Crippen LogP contribution in [0.2, 0.25) is 0 Å². The molecule has 0 aliphatic heterocycles. The number of nitrogens with zero attached hydrogens (tertiary/aromatic N) is 1. The maximum atomic E-state index is 11.1. The Labute approximate surface area is 138 Å². The highest BCUT2D eigenvalue weighted by Crippen LogP contribution is 2.15. The number of carboxylic acids is 1. The smallest absolute Gasteiger partial charge is 0.307 e. The molecule has 0 bridgehead atoms. The molecule has 0 aliphatic rings. The number of hydrogen-bond acceptors (Lipinski definition) is 2. The van der Waals surface area contributed by atoms with Gasteiger partial charge in [0.15, 0.2) is 0 Å². The molecule has 1 unspecified atom stereocenters. The van der Waals surface area contributed by atoms with Gasteiger partial charge in [0.1, 0.15) is 0 Å². The van der Waals surface area contributed by atoms with Gasteiger partial charge in [-0.15, -0.1) is 0 Å². The van der Waals surface area contributed by atoms with Crippen LogP contribution in [0.5, 0.6) is 0 Å². The largest absolute Gasteiger partial charge is 0.481 e. The summed E-state index contributed by atoms with van der Waals surface area (Å²) in [6, 6.07) is 0. The number of aliphatic carboxylic acids is 1. The van der Waals surface area contributed by atoms with Gasteiger partial charge in [-0.2, -0.15) is 0 Å². The van der Waals surface area contributed by atoms with Crippen molar-refractivity contribution in [1.82, 2.24) is 4.90 Å². The fourth-order valence-corrected chi connectivity index (χ4v) is 2.97. The van der Waals surface area contributed by atoms with E-state index in [-0.39, 0.29) is 5.92 Å². The van der Waals surface area contributed by atoms with Crippen LogP contribution in [-0.4, -0.2) is 36.6 Å². The normalized spacial score (nSPS) is 12.7. The first-order valence-electron chi connectivity index (χ1n) is 9.45. The van der Waals surface area contributed by atoms with E-state index in [0.29, 0.717) is 6.54 Å². The minimum absolute atomic E-state index is 0.196. The lowest BCUT2D eigenvalue weighted by Crippen LogP contribution is -2.27. The molecule has 0 aromatic heterocycles. The molecule has 1 atom stereocenters. The summed E-state index contributed by atoms with van der Waals surface area (Å²) in [6.45, 7) is 2.92. The topological polar surface area (TPSA) is 40.5 Å². The second kappa shape index (κ2) is 15.3. The summed E-state index contributed by atoms with van der Waals surface area (Å²) in [5.74, 6) is -0.838. The molecule has 1 N–H and O–H groups in total. The summed E-state index contributed by atoms with van der Waals surface area (Å²) in [6.07, 6.45) is 16.7. The number of carboxylic acid groups (broad SMARTS) is 1. The molecule has 0 radical (unpaired) electrons. The Morgan fingerprint density at radius 2 is 1.23 bits per heavy atom. The lowest BCUT2D eigenvalue weighted by Gasteiger charge is -2.16. The van der Waals surface area contributed by atoms with Crippen LogP contribution in [0.4, 0.5) is 0 Å². The van der Waals surface area contributed by atoms with Crippen LogP contribution < -0.4 is 0 Å². The Hall–Kier alpha value is -0.570. The van der Waals surface area contributed by atoms with E-state index in [1.807, 2.05) is 19.0 Å². The van der Waals surface area contributed by atoms with Crippen molar-refractivity contribution in [2.75, 3.05) is 20.6 Å². The maximum Gasteiger partial charge on any atom is 0.307 e. The third-order valence-corrected chi connectivity index (χ3v) is 4.34. The van der Waals surface area contributed by atoms with Gasteiger partial charge in [0, 0.05) is 6.54 Å². The molecule has 0 heterocycles. The molecule has 3 heteroatoms. The Kier molecular flexibility index (Phi) is 14.9. The molecular formula is C19H39NO2.